The van der Waals surface area contributed by atoms with Crippen LogP contribution in [0.1, 0.15) is 335 Å². The Morgan fingerprint density at radius 3 is 1.10 bits per heavy atom. The van der Waals surface area contributed by atoms with Crippen molar-refractivity contribution >= 4 is 11.9 Å². The Kier molecular flexibility index (Phi) is 58.0. The molecule has 0 aliphatic rings. The first kappa shape index (κ1) is 68.1. The van der Waals surface area contributed by atoms with Crippen molar-refractivity contribution in [1.29, 1.82) is 0 Å². The van der Waals surface area contributed by atoms with E-state index in [1.165, 1.54) is 250 Å². The number of esters is 1. The lowest BCUT2D eigenvalue weighted by molar-refractivity contribution is -0.143. The van der Waals surface area contributed by atoms with Crippen LogP contribution in [0, 0.1) is 0 Å². The monoisotopic (exact) mass is 984 g/mol. The number of aliphatic hydroxyl groups is 2. The van der Waals surface area contributed by atoms with Crippen LogP contribution in [0.25, 0.3) is 0 Å². The number of nitrogens with one attached hydrogen (secondary N) is 1. The molecule has 1 amide bonds. The Bertz CT molecular complexity index is 1130. The van der Waals surface area contributed by atoms with E-state index in [9.17, 15) is 19.8 Å². The predicted molar refractivity (Wildman–Crippen MR) is 306 cm³/mol. The van der Waals surface area contributed by atoms with E-state index in [0.29, 0.717) is 25.9 Å². The summed E-state index contributed by atoms with van der Waals surface area (Å²) in [6, 6.07) is -0.543. The molecule has 0 aliphatic carbocycles. The van der Waals surface area contributed by atoms with Crippen LogP contribution < -0.4 is 5.32 Å². The molecule has 0 heterocycles. The Hall–Kier alpha value is -1.92. The lowest BCUT2D eigenvalue weighted by atomic mass is 10.0. The average molecular weight is 985 g/mol. The summed E-state index contributed by atoms with van der Waals surface area (Å²) in [6.07, 6.45) is 74.5. The molecule has 0 aromatic carbocycles. The van der Waals surface area contributed by atoms with Crippen molar-refractivity contribution in [2.24, 2.45) is 0 Å². The maximum atomic E-state index is 12.5. The second kappa shape index (κ2) is 59.6. The summed E-state index contributed by atoms with van der Waals surface area (Å²) in [4.78, 5) is 24.5. The number of rotatable bonds is 58. The molecule has 70 heavy (non-hydrogen) atoms. The quantitative estimate of drug-likeness (QED) is 0.0321. The third-order valence-corrected chi connectivity index (χ3v) is 14.4. The third-order valence-electron chi connectivity index (χ3n) is 14.4. The van der Waals surface area contributed by atoms with Crippen molar-refractivity contribution in [3.05, 3.63) is 36.5 Å². The van der Waals surface area contributed by atoms with E-state index >= 15 is 0 Å². The predicted octanol–water partition coefficient (Wildman–Crippen LogP) is 19.6. The van der Waals surface area contributed by atoms with Crippen molar-refractivity contribution in [2.45, 2.75) is 347 Å². The summed E-state index contributed by atoms with van der Waals surface area (Å²) in [7, 11) is 0. The van der Waals surface area contributed by atoms with Crippen LogP contribution in [0.2, 0.25) is 0 Å². The summed E-state index contributed by atoms with van der Waals surface area (Å²) >= 11 is 0. The van der Waals surface area contributed by atoms with Gasteiger partial charge in [0.25, 0.3) is 0 Å². The van der Waals surface area contributed by atoms with Crippen molar-refractivity contribution in [3.8, 4) is 0 Å². The zero-order valence-electron chi connectivity index (χ0n) is 47.0. The zero-order chi connectivity index (χ0) is 50.7. The van der Waals surface area contributed by atoms with Crippen molar-refractivity contribution < 1.29 is 24.5 Å². The van der Waals surface area contributed by atoms with Gasteiger partial charge >= 0.3 is 5.97 Å². The molecule has 2 atom stereocenters. The van der Waals surface area contributed by atoms with E-state index in [1.807, 2.05) is 0 Å². The third kappa shape index (κ3) is 55.4. The highest BCUT2D eigenvalue weighted by Gasteiger charge is 2.20. The molecule has 412 valence electrons. The minimum Gasteiger partial charge on any atom is -0.466 e. The van der Waals surface area contributed by atoms with Gasteiger partial charge in [-0.05, 0) is 83.5 Å². The number of allylic oxidation sites excluding steroid dienone is 6. The lowest BCUT2D eigenvalue weighted by Gasteiger charge is -2.22. The second-order valence-corrected chi connectivity index (χ2v) is 21.4. The van der Waals surface area contributed by atoms with Gasteiger partial charge < -0.3 is 20.3 Å². The minimum absolute atomic E-state index is 0.00202. The molecule has 0 radical (unpaired) electrons. The first-order valence-corrected chi connectivity index (χ1v) is 31.2. The summed E-state index contributed by atoms with van der Waals surface area (Å²) in [5, 5.41) is 23.2. The smallest absolute Gasteiger partial charge is 0.305 e. The SMILES string of the molecule is CCCCCCC/C=C\CCCCCCCC(=O)OCCCCCCCCCCC/C=C\C/C=C\CCCCCCCCCCCCCC(=O)NC(CO)C(O)CCCCCCCCCCCCCC. The van der Waals surface area contributed by atoms with Crippen LogP contribution in [-0.4, -0.2) is 47.4 Å². The van der Waals surface area contributed by atoms with Gasteiger partial charge in [0.1, 0.15) is 0 Å². The second-order valence-electron chi connectivity index (χ2n) is 21.4. The first-order chi connectivity index (χ1) is 34.5. The van der Waals surface area contributed by atoms with Gasteiger partial charge in [-0.15, -0.1) is 0 Å². The standard InChI is InChI=1S/C64H121NO5/c1-3-5-7-9-11-13-15-17-34-38-42-46-50-54-58-64(69)70-59-55-51-47-43-39-35-32-30-28-26-24-22-20-18-19-21-23-25-27-29-31-33-37-41-45-49-53-57-63(68)65-61(60-66)62(67)56-52-48-44-40-36-16-14-12-10-8-6-4-2/h15,17-19,22,24,61-62,66-67H,3-14,16,20-21,23,25-60H2,1-2H3,(H,65,68)/b17-15-,19-18-,24-22-. The number of hydrogen-bond donors (Lipinski definition) is 3. The fourth-order valence-electron chi connectivity index (χ4n) is 9.61. The molecule has 0 saturated heterocycles. The Morgan fingerprint density at radius 1 is 0.400 bits per heavy atom. The van der Waals surface area contributed by atoms with Gasteiger partial charge in [-0.1, -0.05) is 275 Å². The number of ether oxygens (including phenoxy) is 1. The van der Waals surface area contributed by atoms with E-state index in [2.05, 4.69) is 55.6 Å². The van der Waals surface area contributed by atoms with Gasteiger partial charge in [0.05, 0.1) is 25.4 Å². The molecule has 0 aromatic rings. The molecule has 0 aromatic heterocycles. The van der Waals surface area contributed by atoms with Gasteiger partial charge in [-0.25, -0.2) is 0 Å². The number of hydrogen-bond acceptors (Lipinski definition) is 5. The normalized spacial score (nSPS) is 12.8. The van der Waals surface area contributed by atoms with Crippen LogP contribution in [-0.2, 0) is 14.3 Å². The van der Waals surface area contributed by atoms with E-state index in [-0.39, 0.29) is 18.5 Å². The highest BCUT2D eigenvalue weighted by Crippen LogP contribution is 2.17. The van der Waals surface area contributed by atoms with E-state index in [1.54, 1.807) is 0 Å². The molecule has 3 N–H and O–H groups in total. The van der Waals surface area contributed by atoms with Gasteiger partial charge in [-0.2, -0.15) is 0 Å². The van der Waals surface area contributed by atoms with Crippen molar-refractivity contribution in [3.63, 3.8) is 0 Å². The van der Waals surface area contributed by atoms with Crippen LogP contribution in [0.5, 0.6) is 0 Å². The number of carbonyl (C=O) groups excluding carboxylic acids is 2. The first-order valence-electron chi connectivity index (χ1n) is 31.2. The maximum Gasteiger partial charge on any atom is 0.305 e. The van der Waals surface area contributed by atoms with Crippen molar-refractivity contribution in [2.75, 3.05) is 13.2 Å². The molecule has 0 aliphatic heterocycles. The molecule has 0 saturated carbocycles. The number of aliphatic hydroxyl groups excluding tert-OH is 2. The molecule has 0 rings (SSSR count). The van der Waals surface area contributed by atoms with Gasteiger partial charge in [0.15, 0.2) is 0 Å². The largest absolute Gasteiger partial charge is 0.466 e. The summed E-state index contributed by atoms with van der Waals surface area (Å²) in [5.74, 6) is -0.0360. The van der Waals surface area contributed by atoms with Gasteiger partial charge in [0.2, 0.25) is 5.91 Å². The Labute approximate surface area is 436 Å². The van der Waals surface area contributed by atoms with Crippen LogP contribution in [0.3, 0.4) is 0 Å². The molecule has 0 bridgehead atoms. The van der Waals surface area contributed by atoms with Crippen LogP contribution in [0.4, 0.5) is 0 Å². The van der Waals surface area contributed by atoms with Crippen LogP contribution >= 0.6 is 0 Å². The topological polar surface area (TPSA) is 95.9 Å². The maximum absolute atomic E-state index is 12.5. The van der Waals surface area contributed by atoms with E-state index in [4.69, 9.17) is 4.74 Å². The Balaban J connectivity index is 3.41. The van der Waals surface area contributed by atoms with E-state index in [0.717, 1.165) is 51.4 Å². The average Bonchev–Trinajstić information content (AvgIpc) is 3.36. The summed E-state index contributed by atoms with van der Waals surface area (Å²) < 4.78 is 5.47. The van der Waals surface area contributed by atoms with Gasteiger partial charge in [-0.3, -0.25) is 9.59 Å². The summed E-state index contributed by atoms with van der Waals surface area (Å²) in [5.41, 5.74) is 0. The fourth-order valence-corrected chi connectivity index (χ4v) is 9.61. The van der Waals surface area contributed by atoms with Crippen molar-refractivity contribution in [1.82, 2.24) is 5.32 Å². The molecular weight excluding hydrogens is 863 g/mol. The fraction of sp³-hybridized carbons (Fsp3) is 0.875. The molecule has 0 spiro atoms. The molecule has 6 nitrogen and oxygen atoms in total. The molecule has 2 unspecified atom stereocenters. The number of unbranched alkanes of at least 4 members (excludes halogenated alkanes) is 41. The van der Waals surface area contributed by atoms with Gasteiger partial charge in [0, 0.05) is 12.8 Å². The highest BCUT2D eigenvalue weighted by atomic mass is 16.5. The molecule has 6 heteroatoms. The zero-order valence-corrected chi connectivity index (χ0v) is 47.0. The molecule has 0 fully saturated rings. The Morgan fingerprint density at radius 2 is 0.714 bits per heavy atom. The van der Waals surface area contributed by atoms with E-state index < -0.39 is 12.1 Å². The molecular formula is C64H121NO5. The number of amides is 1. The van der Waals surface area contributed by atoms with Crippen LogP contribution in [0.15, 0.2) is 36.5 Å². The number of carbonyl (C=O) groups is 2. The summed E-state index contributed by atoms with van der Waals surface area (Å²) in [6.45, 7) is 4.94. The highest BCUT2D eigenvalue weighted by molar-refractivity contribution is 5.76. The minimum atomic E-state index is -0.665. The lowest BCUT2D eigenvalue weighted by Crippen LogP contribution is -2.45.